The maximum absolute atomic E-state index is 12.5. The van der Waals surface area contributed by atoms with Gasteiger partial charge in [0.25, 0.3) is 0 Å². The molecule has 2 aliphatic heterocycles. The largest absolute Gasteiger partial charge is 0.380 e. The van der Waals surface area contributed by atoms with Crippen LogP contribution in [0.4, 0.5) is 0 Å². The highest BCUT2D eigenvalue weighted by molar-refractivity contribution is 7.89. The van der Waals surface area contributed by atoms with Crippen LogP contribution < -0.4 is 5.32 Å². The quantitative estimate of drug-likeness (QED) is 0.811. The van der Waals surface area contributed by atoms with E-state index in [1.165, 1.54) is 0 Å². The van der Waals surface area contributed by atoms with E-state index < -0.39 is 10.0 Å². The summed E-state index contributed by atoms with van der Waals surface area (Å²) in [7, 11) is -3.20. The standard InChI is InChI=1S/C11H22N2O3S.ClH/c1-9-7-13(10(2)6-12-9)17(14,15)11-4-3-5-16-8-11;/h9-12H,3-8H2,1-2H3;1H. The van der Waals surface area contributed by atoms with Gasteiger partial charge in [0.15, 0.2) is 0 Å². The van der Waals surface area contributed by atoms with Crippen molar-refractivity contribution in [3.05, 3.63) is 0 Å². The van der Waals surface area contributed by atoms with Crippen LogP contribution in [0.3, 0.4) is 0 Å². The third-order valence-corrected chi connectivity index (χ3v) is 5.95. The van der Waals surface area contributed by atoms with Gasteiger partial charge in [0.2, 0.25) is 10.0 Å². The number of nitrogens with zero attached hydrogens (tertiary/aromatic N) is 1. The molecule has 2 saturated heterocycles. The van der Waals surface area contributed by atoms with Gasteiger partial charge in [0, 0.05) is 31.8 Å². The Balaban J connectivity index is 0.00000162. The van der Waals surface area contributed by atoms with Gasteiger partial charge in [-0.05, 0) is 26.7 Å². The Labute approximate surface area is 116 Å². The van der Waals surface area contributed by atoms with E-state index in [0.29, 0.717) is 19.8 Å². The zero-order chi connectivity index (χ0) is 12.5. The third kappa shape index (κ3) is 3.36. The van der Waals surface area contributed by atoms with Crippen molar-refractivity contribution in [2.75, 3.05) is 26.3 Å². The second kappa shape index (κ2) is 6.52. The number of piperazine rings is 1. The molecule has 0 aliphatic carbocycles. The molecule has 2 fully saturated rings. The Hall–Kier alpha value is 0.120. The highest BCUT2D eigenvalue weighted by atomic mass is 35.5. The molecule has 0 saturated carbocycles. The summed E-state index contributed by atoms with van der Waals surface area (Å²) in [6.07, 6.45) is 1.58. The number of nitrogens with one attached hydrogen (secondary N) is 1. The first kappa shape index (κ1) is 16.2. The Morgan fingerprint density at radius 2 is 2.06 bits per heavy atom. The molecule has 0 radical (unpaired) electrons. The van der Waals surface area contributed by atoms with E-state index in [0.717, 1.165) is 19.4 Å². The summed E-state index contributed by atoms with van der Waals surface area (Å²) >= 11 is 0. The van der Waals surface area contributed by atoms with E-state index >= 15 is 0 Å². The van der Waals surface area contributed by atoms with Gasteiger partial charge in [-0.25, -0.2) is 8.42 Å². The lowest BCUT2D eigenvalue weighted by atomic mass is 10.2. The van der Waals surface area contributed by atoms with Crippen LogP contribution in [0, 0.1) is 0 Å². The predicted octanol–water partition coefficient (Wildman–Crippen LogP) is 0.599. The summed E-state index contributed by atoms with van der Waals surface area (Å²) in [4.78, 5) is 0. The number of hydrogen-bond acceptors (Lipinski definition) is 4. The second-order valence-electron chi connectivity index (χ2n) is 5.11. The molecule has 3 unspecified atom stereocenters. The van der Waals surface area contributed by atoms with Crippen molar-refractivity contribution in [2.24, 2.45) is 0 Å². The molecule has 0 bridgehead atoms. The minimum absolute atomic E-state index is 0. The summed E-state index contributed by atoms with van der Waals surface area (Å²) in [5, 5.41) is 2.96. The number of hydrogen-bond donors (Lipinski definition) is 1. The molecule has 2 aliphatic rings. The second-order valence-corrected chi connectivity index (χ2v) is 7.28. The maximum atomic E-state index is 12.5. The normalized spacial score (nSPS) is 34.9. The first-order valence-electron chi connectivity index (χ1n) is 6.33. The van der Waals surface area contributed by atoms with Gasteiger partial charge < -0.3 is 10.1 Å². The van der Waals surface area contributed by atoms with Crippen LogP contribution in [-0.2, 0) is 14.8 Å². The predicted molar refractivity (Wildman–Crippen MR) is 73.6 cm³/mol. The van der Waals surface area contributed by atoms with Crippen molar-refractivity contribution in [1.29, 1.82) is 0 Å². The van der Waals surface area contributed by atoms with Crippen molar-refractivity contribution in [2.45, 2.75) is 44.0 Å². The van der Waals surface area contributed by atoms with Crippen molar-refractivity contribution in [1.82, 2.24) is 9.62 Å². The first-order chi connectivity index (χ1) is 8.01. The van der Waals surface area contributed by atoms with Crippen LogP contribution >= 0.6 is 12.4 Å². The number of halogens is 1. The van der Waals surface area contributed by atoms with Gasteiger partial charge >= 0.3 is 0 Å². The lowest BCUT2D eigenvalue weighted by Gasteiger charge is -2.39. The summed E-state index contributed by atoms with van der Waals surface area (Å²) in [6.45, 7) is 6.33. The van der Waals surface area contributed by atoms with Crippen molar-refractivity contribution in [3.8, 4) is 0 Å². The molecule has 3 atom stereocenters. The van der Waals surface area contributed by atoms with Crippen LogP contribution in [0.15, 0.2) is 0 Å². The van der Waals surface area contributed by atoms with Crippen molar-refractivity contribution >= 4 is 22.4 Å². The van der Waals surface area contributed by atoms with Crippen LogP contribution in [0.25, 0.3) is 0 Å². The van der Waals surface area contributed by atoms with Crippen molar-refractivity contribution in [3.63, 3.8) is 0 Å². The minimum Gasteiger partial charge on any atom is -0.380 e. The molecule has 0 aromatic carbocycles. The molecule has 1 N–H and O–H groups in total. The first-order valence-corrected chi connectivity index (χ1v) is 7.84. The monoisotopic (exact) mass is 298 g/mol. The van der Waals surface area contributed by atoms with Gasteiger partial charge in [-0.2, -0.15) is 4.31 Å². The fourth-order valence-corrected chi connectivity index (χ4v) is 4.60. The Morgan fingerprint density at radius 1 is 1.33 bits per heavy atom. The Morgan fingerprint density at radius 3 is 2.67 bits per heavy atom. The average Bonchev–Trinajstić information content (AvgIpc) is 2.33. The maximum Gasteiger partial charge on any atom is 0.219 e. The lowest BCUT2D eigenvalue weighted by Crippen LogP contribution is -2.58. The SMILES string of the molecule is CC1CN(S(=O)(=O)C2CCCOC2)C(C)CN1.Cl. The van der Waals surface area contributed by atoms with E-state index in [-0.39, 0.29) is 29.7 Å². The highest BCUT2D eigenvalue weighted by Gasteiger charge is 2.38. The molecule has 0 aromatic rings. The van der Waals surface area contributed by atoms with Crippen LogP contribution in [0.2, 0.25) is 0 Å². The van der Waals surface area contributed by atoms with Gasteiger partial charge in [-0.3, -0.25) is 0 Å². The summed E-state index contributed by atoms with van der Waals surface area (Å²) in [6, 6.07) is 0.267. The summed E-state index contributed by atoms with van der Waals surface area (Å²) in [5.41, 5.74) is 0. The fourth-order valence-electron chi connectivity index (χ4n) is 2.48. The van der Waals surface area contributed by atoms with Crippen molar-refractivity contribution < 1.29 is 13.2 Å². The van der Waals surface area contributed by atoms with Crippen LogP contribution in [0.5, 0.6) is 0 Å². The highest BCUT2D eigenvalue weighted by Crippen LogP contribution is 2.22. The molecule has 108 valence electrons. The molecule has 0 amide bonds. The van der Waals surface area contributed by atoms with Gasteiger partial charge in [0.05, 0.1) is 11.9 Å². The van der Waals surface area contributed by atoms with E-state index in [9.17, 15) is 8.42 Å². The molecular weight excluding hydrogens is 276 g/mol. The topological polar surface area (TPSA) is 58.6 Å². The van der Waals surface area contributed by atoms with E-state index in [1.54, 1.807) is 4.31 Å². The minimum atomic E-state index is -3.20. The Bertz CT molecular complexity index is 357. The summed E-state index contributed by atoms with van der Waals surface area (Å²) in [5.74, 6) is 0. The lowest BCUT2D eigenvalue weighted by molar-refractivity contribution is 0.0961. The van der Waals surface area contributed by atoms with E-state index in [4.69, 9.17) is 4.74 Å². The molecule has 7 heteroatoms. The molecule has 5 nitrogen and oxygen atoms in total. The fraction of sp³-hybridized carbons (Fsp3) is 1.00. The molecular formula is C11H23ClN2O3S. The zero-order valence-electron chi connectivity index (χ0n) is 11.0. The molecule has 18 heavy (non-hydrogen) atoms. The van der Waals surface area contributed by atoms with Crippen LogP contribution in [0.1, 0.15) is 26.7 Å². The van der Waals surface area contributed by atoms with E-state index in [2.05, 4.69) is 5.32 Å². The van der Waals surface area contributed by atoms with Gasteiger partial charge in [-0.15, -0.1) is 12.4 Å². The van der Waals surface area contributed by atoms with E-state index in [1.807, 2.05) is 13.8 Å². The number of rotatable bonds is 2. The third-order valence-electron chi connectivity index (χ3n) is 3.57. The number of sulfonamides is 1. The molecule has 0 spiro atoms. The zero-order valence-corrected chi connectivity index (χ0v) is 12.6. The van der Waals surface area contributed by atoms with Gasteiger partial charge in [-0.1, -0.05) is 0 Å². The molecule has 2 rings (SSSR count). The van der Waals surface area contributed by atoms with Gasteiger partial charge in [0.1, 0.15) is 0 Å². The molecule has 0 aromatic heterocycles. The van der Waals surface area contributed by atoms with Crippen LogP contribution in [-0.4, -0.2) is 56.4 Å². The smallest absolute Gasteiger partial charge is 0.219 e. The number of ether oxygens (including phenoxy) is 1. The average molecular weight is 299 g/mol. The molecule has 2 heterocycles. The summed E-state index contributed by atoms with van der Waals surface area (Å²) < 4.78 is 32.0. The Kier molecular flexibility index (Phi) is 5.86.